The normalized spacial score (nSPS) is 9.00. The number of hydrogen-bond acceptors (Lipinski definition) is 2. The van der Waals surface area contributed by atoms with Gasteiger partial charge in [0.25, 0.3) is 0 Å². The highest BCUT2D eigenvalue weighted by molar-refractivity contribution is 4.91. The molecule has 0 fully saturated rings. The molecule has 2 heteroatoms. The van der Waals surface area contributed by atoms with E-state index < -0.39 is 0 Å². The maximum absolute atomic E-state index is 5.06. The van der Waals surface area contributed by atoms with E-state index in [1.165, 1.54) is 0 Å². The summed E-state index contributed by atoms with van der Waals surface area (Å²) in [5, 5.41) is 2.87. The van der Waals surface area contributed by atoms with Crippen molar-refractivity contribution in [2.45, 2.75) is 0 Å². The Balaban J connectivity index is 3.39. The second-order valence-corrected chi connectivity index (χ2v) is 1.72. The number of terminal acetylenes is 1. The fourth-order valence-electron chi connectivity index (χ4n) is 0.398. The smallest absolute Gasteiger partial charge is 0.0783 e. The van der Waals surface area contributed by atoms with Gasteiger partial charge < -0.3 is 10.2 Å². The van der Waals surface area contributed by atoms with E-state index in [-0.39, 0.29) is 0 Å². The highest BCUT2D eigenvalue weighted by atomic mass is 15.1. The average Bonchev–Trinajstić information content (AvgIpc) is 1.85. The summed E-state index contributed by atoms with van der Waals surface area (Å²) in [6.45, 7) is 0.651. The van der Waals surface area contributed by atoms with Crippen molar-refractivity contribution in [1.82, 2.24) is 10.2 Å². The van der Waals surface area contributed by atoms with Crippen molar-refractivity contribution in [2.24, 2.45) is 0 Å². The Bertz CT molecular complexity index is 121. The summed E-state index contributed by atoms with van der Waals surface area (Å²) in [5.74, 6) is 2.52. The molecule has 0 radical (unpaired) electrons. The number of hydrogen-bond donors (Lipinski definition) is 1. The minimum atomic E-state index is 0.651. The average molecular weight is 124 g/mol. The van der Waals surface area contributed by atoms with E-state index in [1.807, 2.05) is 31.4 Å². The zero-order valence-corrected chi connectivity index (χ0v) is 5.89. The Labute approximate surface area is 56.5 Å². The summed E-state index contributed by atoms with van der Waals surface area (Å²) in [6.07, 6.45) is 8.77. The van der Waals surface area contributed by atoms with Crippen molar-refractivity contribution >= 4 is 0 Å². The Kier molecular flexibility index (Phi) is 4.43. The van der Waals surface area contributed by atoms with Gasteiger partial charge in [-0.2, -0.15) is 0 Å². The van der Waals surface area contributed by atoms with Crippen molar-refractivity contribution in [2.75, 3.05) is 20.6 Å². The third-order valence-corrected chi connectivity index (χ3v) is 0.836. The van der Waals surface area contributed by atoms with Crippen LogP contribution in [-0.2, 0) is 0 Å². The van der Waals surface area contributed by atoms with Crippen LogP contribution < -0.4 is 5.32 Å². The maximum Gasteiger partial charge on any atom is 0.0783 e. The highest BCUT2D eigenvalue weighted by Gasteiger charge is 1.81. The van der Waals surface area contributed by atoms with Crippen molar-refractivity contribution in [3.63, 3.8) is 0 Å². The van der Waals surface area contributed by atoms with Crippen LogP contribution in [0.5, 0.6) is 0 Å². The molecule has 1 N–H and O–H groups in total. The lowest BCUT2D eigenvalue weighted by molar-refractivity contribution is 0.515. The number of rotatable bonds is 3. The van der Waals surface area contributed by atoms with E-state index in [2.05, 4.69) is 11.2 Å². The van der Waals surface area contributed by atoms with Gasteiger partial charge in [-0.25, -0.2) is 0 Å². The molecule has 0 atom stereocenters. The molecule has 0 spiro atoms. The van der Waals surface area contributed by atoms with Crippen LogP contribution in [0.15, 0.2) is 12.4 Å². The van der Waals surface area contributed by atoms with Crippen LogP contribution in [-0.4, -0.2) is 25.5 Å². The molecule has 0 saturated carbocycles. The van der Waals surface area contributed by atoms with Gasteiger partial charge in [0.15, 0.2) is 0 Å². The van der Waals surface area contributed by atoms with Crippen LogP contribution >= 0.6 is 0 Å². The van der Waals surface area contributed by atoms with Crippen molar-refractivity contribution in [3.8, 4) is 12.3 Å². The van der Waals surface area contributed by atoms with Gasteiger partial charge in [0.05, 0.1) is 6.54 Å². The molecule has 2 nitrogen and oxygen atoms in total. The summed E-state index contributed by atoms with van der Waals surface area (Å²) in [7, 11) is 3.77. The summed E-state index contributed by atoms with van der Waals surface area (Å²) in [4.78, 5) is 1.91. The van der Waals surface area contributed by atoms with E-state index in [0.717, 1.165) is 0 Å². The van der Waals surface area contributed by atoms with Gasteiger partial charge in [-0.3, -0.25) is 0 Å². The van der Waals surface area contributed by atoms with Gasteiger partial charge in [-0.1, -0.05) is 5.92 Å². The first kappa shape index (κ1) is 7.90. The van der Waals surface area contributed by atoms with Crippen LogP contribution in [0, 0.1) is 12.3 Å². The van der Waals surface area contributed by atoms with E-state index in [1.54, 1.807) is 0 Å². The van der Waals surface area contributed by atoms with Crippen LogP contribution in [0.2, 0.25) is 0 Å². The zero-order valence-electron chi connectivity index (χ0n) is 5.89. The molecule has 50 valence electrons. The van der Waals surface area contributed by atoms with Crippen LogP contribution in [0.25, 0.3) is 0 Å². The Hall–Kier alpha value is -1.10. The summed E-state index contributed by atoms with van der Waals surface area (Å²) in [5.41, 5.74) is 0. The molecule has 0 aliphatic heterocycles. The first-order chi connectivity index (χ1) is 4.31. The van der Waals surface area contributed by atoms with Gasteiger partial charge in [0, 0.05) is 26.5 Å². The van der Waals surface area contributed by atoms with Gasteiger partial charge in [-0.15, -0.1) is 6.42 Å². The molecule has 0 aromatic rings. The fraction of sp³-hybridized carbons (Fsp3) is 0.429. The lowest BCUT2D eigenvalue weighted by Crippen LogP contribution is -2.11. The predicted molar refractivity (Wildman–Crippen MR) is 39.7 cm³/mol. The molecular weight excluding hydrogens is 112 g/mol. The third-order valence-electron chi connectivity index (χ3n) is 0.836. The van der Waals surface area contributed by atoms with Gasteiger partial charge in [-0.05, 0) is 0 Å². The summed E-state index contributed by atoms with van der Waals surface area (Å²) < 4.78 is 0. The monoisotopic (exact) mass is 124 g/mol. The van der Waals surface area contributed by atoms with E-state index >= 15 is 0 Å². The lowest BCUT2D eigenvalue weighted by Gasteiger charge is -2.07. The molecule has 0 aromatic heterocycles. The first-order valence-electron chi connectivity index (χ1n) is 2.79. The van der Waals surface area contributed by atoms with Crippen molar-refractivity contribution in [1.29, 1.82) is 0 Å². The summed E-state index contributed by atoms with van der Waals surface area (Å²) >= 11 is 0. The molecule has 0 rings (SSSR count). The first-order valence-corrected chi connectivity index (χ1v) is 2.79. The molecule has 9 heavy (non-hydrogen) atoms. The standard InChI is InChI=1S/C7H12N2/c1-4-6-9(3)7-5-8-2/h1,5,7-8H,6H2,2-3H3/b7-5-. The molecular formula is C7H12N2. The summed E-state index contributed by atoms with van der Waals surface area (Å²) in [6, 6.07) is 0. The van der Waals surface area contributed by atoms with Gasteiger partial charge in [0.1, 0.15) is 0 Å². The number of nitrogens with zero attached hydrogens (tertiary/aromatic N) is 1. The second-order valence-electron chi connectivity index (χ2n) is 1.72. The minimum absolute atomic E-state index is 0.651. The maximum atomic E-state index is 5.06. The number of nitrogens with one attached hydrogen (secondary N) is 1. The second kappa shape index (κ2) is 5.04. The predicted octanol–water partition coefficient (Wildman–Crippen LogP) is 0.242. The SMILES string of the molecule is C#CCN(C)/C=C\NC. The Morgan fingerprint density at radius 2 is 2.44 bits per heavy atom. The van der Waals surface area contributed by atoms with Crippen molar-refractivity contribution in [3.05, 3.63) is 12.4 Å². The largest absolute Gasteiger partial charge is 0.393 e. The highest BCUT2D eigenvalue weighted by Crippen LogP contribution is 1.78. The van der Waals surface area contributed by atoms with E-state index in [0.29, 0.717) is 6.54 Å². The molecule has 0 amide bonds. The molecule has 0 unspecified atom stereocenters. The van der Waals surface area contributed by atoms with E-state index in [9.17, 15) is 0 Å². The van der Waals surface area contributed by atoms with Gasteiger partial charge in [0.2, 0.25) is 0 Å². The zero-order chi connectivity index (χ0) is 7.11. The fourth-order valence-corrected chi connectivity index (χ4v) is 0.398. The minimum Gasteiger partial charge on any atom is -0.393 e. The van der Waals surface area contributed by atoms with Crippen LogP contribution in [0.1, 0.15) is 0 Å². The Morgan fingerprint density at radius 1 is 1.78 bits per heavy atom. The van der Waals surface area contributed by atoms with E-state index in [4.69, 9.17) is 6.42 Å². The van der Waals surface area contributed by atoms with Gasteiger partial charge >= 0.3 is 0 Å². The molecule has 0 saturated heterocycles. The molecule has 0 aromatic carbocycles. The lowest BCUT2D eigenvalue weighted by atomic mass is 10.6. The molecule has 0 aliphatic carbocycles. The topological polar surface area (TPSA) is 15.3 Å². The third kappa shape index (κ3) is 4.76. The molecule has 0 bridgehead atoms. The van der Waals surface area contributed by atoms with Crippen LogP contribution in [0.4, 0.5) is 0 Å². The molecule has 0 heterocycles. The molecule has 0 aliphatic rings. The Morgan fingerprint density at radius 3 is 2.89 bits per heavy atom. The van der Waals surface area contributed by atoms with Crippen molar-refractivity contribution < 1.29 is 0 Å². The quantitative estimate of drug-likeness (QED) is 0.542. The van der Waals surface area contributed by atoms with Crippen LogP contribution in [0.3, 0.4) is 0 Å².